The lowest BCUT2D eigenvalue weighted by Gasteiger charge is -2.20. The van der Waals surface area contributed by atoms with E-state index >= 15 is 0 Å². The molecular weight excluding hydrogens is 815 g/mol. The third-order valence-corrected chi connectivity index (χ3v) is 13.7. The molecule has 0 radical (unpaired) electrons. The van der Waals surface area contributed by atoms with Crippen LogP contribution in [0, 0.1) is 0 Å². The SMILES string of the molecule is CCCCCC/C=C\CCCCCCCC(=O)OCCCCCCCCCCCCCCCCCCCCCCCCCC(=O)NC(CO)C(O)/C=C/CCCCCCCCCCCCC. The molecule has 66 heavy (non-hydrogen) atoms. The Hall–Kier alpha value is -1.66. The first kappa shape index (κ1) is 64.3. The van der Waals surface area contributed by atoms with Crippen molar-refractivity contribution in [3.63, 3.8) is 0 Å². The predicted molar refractivity (Wildman–Crippen MR) is 287 cm³/mol. The molecule has 0 saturated heterocycles. The van der Waals surface area contributed by atoms with Crippen molar-refractivity contribution in [3.05, 3.63) is 24.3 Å². The molecule has 0 heterocycles. The van der Waals surface area contributed by atoms with Gasteiger partial charge in [0.15, 0.2) is 0 Å². The van der Waals surface area contributed by atoms with Crippen molar-refractivity contribution in [2.24, 2.45) is 0 Å². The number of carbonyl (C=O) groups is 2. The Bertz CT molecular complexity index is 1030. The van der Waals surface area contributed by atoms with Crippen LogP contribution >= 0.6 is 0 Å². The summed E-state index contributed by atoms with van der Waals surface area (Å²) < 4.78 is 5.47. The van der Waals surface area contributed by atoms with Gasteiger partial charge < -0.3 is 20.3 Å². The molecule has 0 aliphatic carbocycles. The Morgan fingerprint density at radius 3 is 1.09 bits per heavy atom. The Morgan fingerprint density at radius 1 is 0.409 bits per heavy atom. The average molecular weight is 931 g/mol. The van der Waals surface area contributed by atoms with Gasteiger partial charge in [-0.15, -0.1) is 0 Å². The fourth-order valence-electron chi connectivity index (χ4n) is 9.16. The number of aliphatic hydroxyl groups is 2. The summed E-state index contributed by atoms with van der Waals surface area (Å²) in [7, 11) is 0. The number of nitrogens with one attached hydrogen (secondary N) is 1. The standard InChI is InChI=1S/C60H115NO5/c1-3-5-7-9-11-13-15-28-32-36-40-44-48-52-58(63)57(56-62)61-59(64)53-49-45-41-37-33-30-26-24-22-20-18-17-19-21-23-25-27-31-35-39-43-47-51-55-66-60(65)54-50-46-42-38-34-29-16-14-12-10-8-6-4-2/h14,16,48,52,57-58,62-63H,3-13,15,17-47,49-51,53-56H2,1-2H3,(H,61,64)/b16-14-,52-48+. The van der Waals surface area contributed by atoms with Crippen molar-refractivity contribution >= 4 is 11.9 Å². The molecule has 0 aromatic rings. The molecule has 1 amide bonds. The number of hydrogen-bond acceptors (Lipinski definition) is 5. The van der Waals surface area contributed by atoms with Crippen LogP contribution in [-0.2, 0) is 14.3 Å². The second-order valence-corrected chi connectivity index (χ2v) is 20.3. The highest BCUT2D eigenvalue weighted by Crippen LogP contribution is 2.17. The summed E-state index contributed by atoms with van der Waals surface area (Å²) in [6, 6.07) is -0.626. The van der Waals surface area contributed by atoms with Crippen molar-refractivity contribution in [2.75, 3.05) is 13.2 Å². The van der Waals surface area contributed by atoms with Crippen LogP contribution in [0.2, 0.25) is 0 Å². The Morgan fingerprint density at radius 2 is 0.712 bits per heavy atom. The second-order valence-electron chi connectivity index (χ2n) is 20.3. The van der Waals surface area contributed by atoms with Gasteiger partial charge in [-0.1, -0.05) is 276 Å². The van der Waals surface area contributed by atoms with Crippen molar-refractivity contribution in [3.8, 4) is 0 Å². The number of carbonyl (C=O) groups excluding carboxylic acids is 2. The van der Waals surface area contributed by atoms with Gasteiger partial charge in [-0.3, -0.25) is 9.59 Å². The summed E-state index contributed by atoms with van der Waals surface area (Å²) in [5.41, 5.74) is 0. The summed E-state index contributed by atoms with van der Waals surface area (Å²) in [6.45, 7) is 4.89. The number of amides is 1. The van der Waals surface area contributed by atoms with E-state index in [0.29, 0.717) is 19.4 Å². The van der Waals surface area contributed by atoms with Crippen LogP contribution in [0.25, 0.3) is 0 Å². The van der Waals surface area contributed by atoms with E-state index < -0.39 is 12.1 Å². The molecule has 390 valence electrons. The van der Waals surface area contributed by atoms with E-state index in [2.05, 4.69) is 31.3 Å². The predicted octanol–water partition coefficient (Wildman–Crippen LogP) is 18.2. The Balaban J connectivity index is 3.38. The first-order chi connectivity index (χ1) is 32.5. The van der Waals surface area contributed by atoms with Crippen molar-refractivity contribution < 1.29 is 24.5 Å². The molecule has 0 fully saturated rings. The van der Waals surface area contributed by atoms with Gasteiger partial charge in [0.2, 0.25) is 5.91 Å². The molecule has 2 unspecified atom stereocenters. The molecule has 0 aliphatic heterocycles. The molecule has 6 heteroatoms. The lowest BCUT2D eigenvalue weighted by atomic mass is 10.0. The fraction of sp³-hybridized carbons (Fsp3) is 0.900. The Labute approximate surface area is 411 Å². The van der Waals surface area contributed by atoms with Crippen LogP contribution in [0.15, 0.2) is 24.3 Å². The molecular formula is C60H115NO5. The Kier molecular flexibility index (Phi) is 54.5. The molecule has 0 aromatic carbocycles. The summed E-state index contributed by atoms with van der Waals surface area (Å²) in [6.07, 6.45) is 67.8. The largest absolute Gasteiger partial charge is 0.466 e. The minimum absolute atomic E-state index is 0.00464. The van der Waals surface area contributed by atoms with Gasteiger partial charge in [-0.2, -0.15) is 0 Å². The first-order valence-electron chi connectivity index (χ1n) is 29.6. The van der Waals surface area contributed by atoms with E-state index in [-0.39, 0.29) is 18.5 Å². The number of rotatable bonds is 55. The highest BCUT2D eigenvalue weighted by Gasteiger charge is 2.18. The highest BCUT2D eigenvalue weighted by atomic mass is 16.5. The van der Waals surface area contributed by atoms with E-state index in [0.717, 1.165) is 44.9 Å². The van der Waals surface area contributed by atoms with Crippen LogP contribution < -0.4 is 5.32 Å². The molecule has 2 atom stereocenters. The lowest BCUT2D eigenvalue weighted by Crippen LogP contribution is -2.45. The molecule has 0 aliphatic rings. The zero-order valence-corrected chi connectivity index (χ0v) is 44.4. The molecule has 0 rings (SSSR count). The second kappa shape index (κ2) is 55.9. The number of aliphatic hydroxyl groups excluding tert-OH is 2. The zero-order chi connectivity index (χ0) is 47.9. The van der Waals surface area contributed by atoms with Gasteiger partial charge >= 0.3 is 5.97 Å². The van der Waals surface area contributed by atoms with Gasteiger partial charge in [0.1, 0.15) is 0 Å². The van der Waals surface area contributed by atoms with E-state index in [9.17, 15) is 19.8 Å². The molecule has 0 aromatic heterocycles. The highest BCUT2D eigenvalue weighted by molar-refractivity contribution is 5.76. The first-order valence-corrected chi connectivity index (χ1v) is 29.6. The third kappa shape index (κ3) is 51.7. The van der Waals surface area contributed by atoms with Gasteiger partial charge in [-0.25, -0.2) is 0 Å². The van der Waals surface area contributed by atoms with Crippen molar-refractivity contribution in [1.29, 1.82) is 0 Å². The summed E-state index contributed by atoms with van der Waals surface area (Å²) >= 11 is 0. The normalized spacial score (nSPS) is 12.7. The van der Waals surface area contributed by atoms with Crippen LogP contribution in [0.5, 0.6) is 0 Å². The van der Waals surface area contributed by atoms with E-state index in [1.54, 1.807) is 6.08 Å². The molecule has 0 bridgehead atoms. The number of hydrogen-bond donors (Lipinski definition) is 3. The maximum Gasteiger partial charge on any atom is 0.305 e. The lowest BCUT2D eigenvalue weighted by molar-refractivity contribution is -0.143. The maximum absolute atomic E-state index is 12.4. The minimum Gasteiger partial charge on any atom is -0.466 e. The van der Waals surface area contributed by atoms with Gasteiger partial charge in [0.25, 0.3) is 0 Å². The van der Waals surface area contributed by atoms with Gasteiger partial charge in [0.05, 0.1) is 25.4 Å². The number of unbranched alkanes of at least 4 members (excludes halogenated alkanes) is 42. The molecule has 6 nitrogen and oxygen atoms in total. The summed E-state index contributed by atoms with van der Waals surface area (Å²) in [5.74, 6) is -0.0623. The average Bonchev–Trinajstić information content (AvgIpc) is 3.32. The number of esters is 1. The van der Waals surface area contributed by atoms with Crippen molar-refractivity contribution in [1.82, 2.24) is 5.32 Å². The molecule has 3 N–H and O–H groups in total. The minimum atomic E-state index is -0.843. The smallest absolute Gasteiger partial charge is 0.305 e. The monoisotopic (exact) mass is 930 g/mol. The zero-order valence-electron chi connectivity index (χ0n) is 44.4. The molecule has 0 spiro atoms. The van der Waals surface area contributed by atoms with E-state index in [1.165, 1.54) is 250 Å². The van der Waals surface area contributed by atoms with Crippen LogP contribution in [0.4, 0.5) is 0 Å². The van der Waals surface area contributed by atoms with Crippen molar-refractivity contribution in [2.45, 2.75) is 334 Å². The van der Waals surface area contributed by atoms with Crippen LogP contribution in [0.1, 0.15) is 322 Å². The number of allylic oxidation sites excluding steroid dienone is 3. The van der Waals surface area contributed by atoms with E-state index in [4.69, 9.17) is 4.74 Å². The number of ether oxygens (including phenoxy) is 1. The topological polar surface area (TPSA) is 95.9 Å². The van der Waals surface area contributed by atoms with Gasteiger partial charge in [-0.05, 0) is 57.8 Å². The van der Waals surface area contributed by atoms with Crippen LogP contribution in [-0.4, -0.2) is 47.4 Å². The molecule has 0 saturated carbocycles. The third-order valence-electron chi connectivity index (χ3n) is 13.7. The van der Waals surface area contributed by atoms with E-state index in [1.807, 2.05) is 6.08 Å². The van der Waals surface area contributed by atoms with Gasteiger partial charge in [0, 0.05) is 12.8 Å². The summed E-state index contributed by atoms with van der Waals surface area (Å²) in [5, 5.41) is 23.1. The quantitative estimate of drug-likeness (QED) is 0.0321. The maximum atomic E-state index is 12.4. The van der Waals surface area contributed by atoms with Crippen LogP contribution in [0.3, 0.4) is 0 Å². The fourth-order valence-corrected chi connectivity index (χ4v) is 9.16. The summed E-state index contributed by atoms with van der Waals surface area (Å²) in [4.78, 5) is 24.5.